The lowest BCUT2D eigenvalue weighted by Gasteiger charge is -2.37. The van der Waals surface area contributed by atoms with Gasteiger partial charge in [0.25, 0.3) is 0 Å². The quantitative estimate of drug-likeness (QED) is 0.784. The SMILES string of the molecule is CC(C)(C)OC(=O)N1CCN(c2cc(F)c(F)cc2C=O)CC1. The summed E-state index contributed by atoms with van der Waals surface area (Å²) in [7, 11) is 0. The van der Waals surface area contributed by atoms with Crippen molar-refractivity contribution in [3.63, 3.8) is 0 Å². The van der Waals surface area contributed by atoms with Gasteiger partial charge in [-0.15, -0.1) is 0 Å². The Morgan fingerprint density at radius 1 is 1.13 bits per heavy atom. The number of ether oxygens (including phenoxy) is 1. The topological polar surface area (TPSA) is 49.9 Å². The Bertz CT molecular complexity index is 606. The molecule has 1 amide bonds. The van der Waals surface area contributed by atoms with Gasteiger partial charge in [-0.05, 0) is 26.8 Å². The maximum Gasteiger partial charge on any atom is 0.410 e. The molecule has 0 atom stereocenters. The molecule has 0 bridgehead atoms. The summed E-state index contributed by atoms with van der Waals surface area (Å²) in [4.78, 5) is 26.4. The standard InChI is InChI=1S/C16H20F2N2O3/c1-16(2,3)23-15(22)20-6-4-19(5-7-20)14-9-13(18)12(17)8-11(14)10-21/h8-10H,4-7H2,1-3H3. The zero-order chi connectivity index (χ0) is 17.2. The number of amides is 1. The van der Waals surface area contributed by atoms with E-state index in [-0.39, 0.29) is 5.56 Å². The van der Waals surface area contributed by atoms with Crippen LogP contribution in [0.5, 0.6) is 0 Å². The van der Waals surface area contributed by atoms with Crippen molar-refractivity contribution in [2.45, 2.75) is 26.4 Å². The van der Waals surface area contributed by atoms with Gasteiger partial charge in [0.1, 0.15) is 5.60 Å². The van der Waals surface area contributed by atoms with Crippen LogP contribution in [0.4, 0.5) is 19.3 Å². The number of aldehydes is 1. The van der Waals surface area contributed by atoms with E-state index in [2.05, 4.69) is 0 Å². The summed E-state index contributed by atoms with van der Waals surface area (Å²) >= 11 is 0. The van der Waals surface area contributed by atoms with E-state index in [0.29, 0.717) is 38.2 Å². The first-order chi connectivity index (χ1) is 10.7. The van der Waals surface area contributed by atoms with Crippen LogP contribution in [-0.4, -0.2) is 49.1 Å². The van der Waals surface area contributed by atoms with E-state index < -0.39 is 23.3 Å². The Kier molecular flexibility index (Phi) is 4.87. The van der Waals surface area contributed by atoms with Crippen molar-refractivity contribution in [1.82, 2.24) is 4.90 Å². The van der Waals surface area contributed by atoms with Crippen molar-refractivity contribution in [1.29, 1.82) is 0 Å². The Morgan fingerprint density at radius 3 is 2.22 bits per heavy atom. The van der Waals surface area contributed by atoms with Crippen LogP contribution in [0, 0.1) is 11.6 Å². The van der Waals surface area contributed by atoms with Crippen LogP contribution in [0.1, 0.15) is 31.1 Å². The summed E-state index contributed by atoms with van der Waals surface area (Å²) in [6.45, 7) is 6.95. The van der Waals surface area contributed by atoms with Crippen molar-refractivity contribution < 1.29 is 23.1 Å². The predicted octanol–water partition coefficient (Wildman–Crippen LogP) is 2.83. The molecule has 0 N–H and O–H groups in total. The molecule has 1 aromatic carbocycles. The van der Waals surface area contributed by atoms with Gasteiger partial charge in [0.2, 0.25) is 0 Å². The highest BCUT2D eigenvalue weighted by Crippen LogP contribution is 2.24. The minimum absolute atomic E-state index is 0.0922. The molecular weight excluding hydrogens is 306 g/mol. The minimum Gasteiger partial charge on any atom is -0.444 e. The summed E-state index contributed by atoms with van der Waals surface area (Å²) < 4.78 is 32.0. The van der Waals surface area contributed by atoms with Gasteiger partial charge in [0.05, 0.1) is 5.69 Å². The Labute approximate surface area is 133 Å². The Morgan fingerprint density at radius 2 is 1.70 bits per heavy atom. The summed E-state index contributed by atoms with van der Waals surface area (Å²) in [5, 5.41) is 0. The smallest absolute Gasteiger partial charge is 0.410 e. The lowest BCUT2D eigenvalue weighted by molar-refractivity contribution is 0.0240. The minimum atomic E-state index is -1.05. The van der Waals surface area contributed by atoms with Crippen LogP contribution >= 0.6 is 0 Å². The summed E-state index contributed by atoms with van der Waals surface area (Å²) in [5.74, 6) is -2.05. The van der Waals surface area contributed by atoms with Gasteiger partial charge in [-0.25, -0.2) is 13.6 Å². The van der Waals surface area contributed by atoms with E-state index in [1.54, 1.807) is 30.6 Å². The van der Waals surface area contributed by atoms with Crippen LogP contribution in [0.25, 0.3) is 0 Å². The number of rotatable bonds is 2. The molecule has 7 heteroatoms. The molecule has 0 unspecified atom stereocenters. The number of halogens is 2. The van der Waals surface area contributed by atoms with E-state index in [4.69, 9.17) is 4.74 Å². The van der Waals surface area contributed by atoms with Gasteiger partial charge in [0, 0.05) is 37.8 Å². The zero-order valence-corrected chi connectivity index (χ0v) is 13.4. The monoisotopic (exact) mass is 326 g/mol. The Balaban J connectivity index is 2.06. The number of piperazine rings is 1. The highest BCUT2D eigenvalue weighted by molar-refractivity contribution is 5.84. The average Bonchev–Trinajstić information content (AvgIpc) is 2.48. The lowest BCUT2D eigenvalue weighted by Crippen LogP contribution is -2.50. The van der Waals surface area contributed by atoms with Gasteiger partial charge < -0.3 is 14.5 Å². The first-order valence-corrected chi connectivity index (χ1v) is 7.38. The van der Waals surface area contributed by atoms with Crippen LogP contribution in [-0.2, 0) is 4.74 Å². The second-order valence-electron chi connectivity index (χ2n) is 6.40. The number of anilines is 1. The molecule has 1 aliphatic rings. The van der Waals surface area contributed by atoms with Gasteiger partial charge in [-0.3, -0.25) is 4.79 Å². The molecule has 0 saturated carbocycles. The molecule has 0 radical (unpaired) electrons. The van der Waals surface area contributed by atoms with Crippen LogP contribution in [0.15, 0.2) is 12.1 Å². The molecule has 0 aromatic heterocycles. The van der Waals surface area contributed by atoms with Gasteiger partial charge in [0.15, 0.2) is 17.9 Å². The van der Waals surface area contributed by atoms with E-state index in [9.17, 15) is 18.4 Å². The van der Waals surface area contributed by atoms with Crippen LogP contribution in [0.3, 0.4) is 0 Å². The van der Waals surface area contributed by atoms with Crippen molar-refractivity contribution in [2.24, 2.45) is 0 Å². The molecule has 1 fully saturated rings. The van der Waals surface area contributed by atoms with Gasteiger partial charge in [-0.1, -0.05) is 0 Å². The molecule has 1 aromatic rings. The highest BCUT2D eigenvalue weighted by Gasteiger charge is 2.27. The molecule has 5 nitrogen and oxygen atoms in total. The molecule has 0 spiro atoms. The summed E-state index contributed by atoms with van der Waals surface area (Å²) in [6, 6.07) is 1.90. The highest BCUT2D eigenvalue weighted by atomic mass is 19.2. The van der Waals surface area contributed by atoms with Gasteiger partial charge in [-0.2, -0.15) is 0 Å². The maximum atomic E-state index is 13.4. The third kappa shape index (κ3) is 4.18. The molecule has 0 aliphatic carbocycles. The number of nitrogens with zero attached hydrogens (tertiary/aromatic N) is 2. The van der Waals surface area contributed by atoms with E-state index in [1.807, 2.05) is 0 Å². The van der Waals surface area contributed by atoms with E-state index >= 15 is 0 Å². The zero-order valence-electron chi connectivity index (χ0n) is 13.4. The third-order valence-electron chi connectivity index (χ3n) is 3.47. The molecular formula is C16H20F2N2O3. The molecule has 2 rings (SSSR count). The van der Waals surface area contributed by atoms with Crippen molar-refractivity contribution in [3.05, 3.63) is 29.3 Å². The third-order valence-corrected chi connectivity index (χ3v) is 3.47. The fourth-order valence-electron chi connectivity index (χ4n) is 2.38. The maximum absolute atomic E-state index is 13.4. The van der Waals surface area contributed by atoms with Crippen molar-refractivity contribution >= 4 is 18.1 Å². The number of carbonyl (C=O) groups is 2. The van der Waals surface area contributed by atoms with Gasteiger partial charge >= 0.3 is 6.09 Å². The first-order valence-electron chi connectivity index (χ1n) is 7.38. The summed E-state index contributed by atoms with van der Waals surface area (Å²) in [6.07, 6.45) is 0.0935. The molecule has 1 saturated heterocycles. The van der Waals surface area contributed by atoms with Crippen molar-refractivity contribution in [2.75, 3.05) is 31.1 Å². The fourth-order valence-corrected chi connectivity index (χ4v) is 2.38. The lowest BCUT2D eigenvalue weighted by atomic mass is 10.1. The fraction of sp³-hybridized carbons (Fsp3) is 0.500. The first kappa shape index (κ1) is 17.2. The summed E-state index contributed by atoms with van der Waals surface area (Å²) in [5.41, 5.74) is -0.142. The normalized spacial score (nSPS) is 15.5. The average molecular weight is 326 g/mol. The molecule has 1 aliphatic heterocycles. The van der Waals surface area contributed by atoms with E-state index in [0.717, 1.165) is 12.1 Å². The molecule has 1 heterocycles. The predicted molar refractivity (Wildman–Crippen MR) is 81.8 cm³/mol. The Hall–Kier alpha value is -2.18. The second kappa shape index (κ2) is 6.52. The number of benzene rings is 1. The molecule has 126 valence electrons. The molecule has 23 heavy (non-hydrogen) atoms. The van der Waals surface area contributed by atoms with Crippen molar-refractivity contribution in [3.8, 4) is 0 Å². The van der Waals surface area contributed by atoms with Crippen LogP contribution < -0.4 is 4.90 Å². The van der Waals surface area contributed by atoms with E-state index in [1.165, 1.54) is 0 Å². The number of hydrogen-bond acceptors (Lipinski definition) is 4. The second-order valence-corrected chi connectivity index (χ2v) is 6.40. The number of hydrogen-bond donors (Lipinski definition) is 0. The number of carbonyl (C=O) groups excluding carboxylic acids is 2. The van der Waals surface area contributed by atoms with Crippen LogP contribution in [0.2, 0.25) is 0 Å². The largest absolute Gasteiger partial charge is 0.444 e.